The second-order valence-electron chi connectivity index (χ2n) is 4.27. The lowest BCUT2D eigenvalue weighted by Gasteiger charge is -2.24. The molecule has 0 aliphatic rings. The first-order valence-corrected chi connectivity index (χ1v) is 7.52. The van der Waals surface area contributed by atoms with Crippen LogP contribution in [0.5, 0.6) is 0 Å². The fraction of sp³-hybridized carbons (Fsp3) is 0.400. The topological polar surface area (TPSA) is 72.2 Å². The Balaban J connectivity index is 3.18. The SMILES string of the molecule is CC(C)(CN)NS(=O)(=O)c1cc(Br)ccc1Cl. The van der Waals surface area contributed by atoms with Gasteiger partial charge in [0.15, 0.2) is 0 Å². The monoisotopic (exact) mass is 340 g/mol. The molecule has 3 N–H and O–H groups in total. The quantitative estimate of drug-likeness (QED) is 0.881. The van der Waals surface area contributed by atoms with Crippen molar-refractivity contribution in [3.8, 4) is 0 Å². The molecule has 96 valence electrons. The highest BCUT2D eigenvalue weighted by molar-refractivity contribution is 9.10. The summed E-state index contributed by atoms with van der Waals surface area (Å²) in [4.78, 5) is 0.0371. The van der Waals surface area contributed by atoms with Crippen LogP contribution in [-0.2, 0) is 10.0 Å². The average Bonchev–Trinajstić information content (AvgIpc) is 2.20. The maximum Gasteiger partial charge on any atom is 0.242 e. The van der Waals surface area contributed by atoms with Crippen LogP contribution in [0.1, 0.15) is 13.8 Å². The summed E-state index contributed by atoms with van der Waals surface area (Å²) in [6.07, 6.45) is 0. The predicted octanol–water partition coefficient (Wildman–Crippen LogP) is 2.12. The molecule has 1 aromatic carbocycles. The van der Waals surface area contributed by atoms with Gasteiger partial charge in [0.25, 0.3) is 0 Å². The number of hydrogen-bond donors (Lipinski definition) is 2. The van der Waals surface area contributed by atoms with E-state index in [1.807, 2.05) is 0 Å². The molecule has 0 fully saturated rings. The van der Waals surface area contributed by atoms with Gasteiger partial charge in [0, 0.05) is 16.6 Å². The highest BCUT2D eigenvalue weighted by Gasteiger charge is 2.26. The molecule has 0 amide bonds. The first-order chi connectivity index (χ1) is 7.68. The van der Waals surface area contributed by atoms with E-state index in [1.54, 1.807) is 19.9 Å². The standard InChI is InChI=1S/C10H14BrClN2O2S/c1-10(2,6-13)14-17(15,16)9-5-7(11)3-4-8(9)12/h3-5,14H,6,13H2,1-2H3. The van der Waals surface area contributed by atoms with Crippen LogP contribution in [0, 0.1) is 0 Å². The molecule has 0 saturated heterocycles. The third-order valence-electron chi connectivity index (χ3n) is 2.10. The Morgan fingerprint density at radius 2 is 2.06 bits per heavy atom. The number of benzene rings is 1. The van der Waals surface area contributed by atoms with E-state index in [4.69, 9.17) is 17.3 Å². The van der Waals surface area contributed by atoms with Gasteiger partial charge >= 0.3 is 0 Å². The number of rotatable bonds is 4. The van der Waals surface area contributed by atoms with Gasteiger partial charge in [-0.25, -0.2) is 13.1 Å². The van der Waals surface area contributed by atoms with E-state index in [9.17, 15) is 8.42 Å². The minimum Gasteiger partial charge on any atom is -0.329 e. The molecule has 0 bridgehead atoms. The van der Waals surface area contributed by atoms with Crippen LogP contribution in [0.15, 0.2) is 27.6 Å². The molecule has 1 rings (SSSR count). The van der Waals surface area contributed by atoms with Crippen LogP contribution in [0.3, 0.4) is 0 Å². The molecule has 4 nitrogen and oxygen atoms in total. The Bertz CT molecular complexity index is 517. The molecule has 0 aliphatic carbocycles. The summed E-state index contributed by atoms with van der Waals surface area (Å²) < 4.78 is 27.4. The molecular formula is C10H14BrClN2O2S. The van der Waals surface area contributed by atoms with E-state index in [1.165, 1.54) is 12.1 Å². The molecule has 0 radical (unpaired) electrons. The Morgan fingerprint density at radius 3 is 2.59 bits per heavy atom. The van der Waals surface area contributed by atoms with E-state index in [-0.39, 0.29) is 16.5 Å². The summed E-state index contributed by atoms with van der Waals surface area (Å²) in [5, 5.41) is 0.175. The average molecular weight is 342 g/mol. The van der Waals surface area contributed by atoms with Crippen LogP contribution in [0.2, 0.25) is 5.02 Å². The largest absolute Gasteiger partial charge is 0.329 e. The number of nitrogens with one attached hydrogen (secondary N) is 1. The number of nitrogens with two attached hydrogens (primary N) is 1. The summed E-state index contributed by atoms with van der Waals surface area (Å²) >= 11 is 9.09. The van der Waals surface area contributed by atoms with E-state index in [0.717, 1.165) is 0 Å². The van der Waals surface area contributed by atoms with Crippen molar-refractivity contribution in [2.45, 2.75) is 24.3 Å². The molecule has 0 atom stereocenters. The molecule has 17 heavy (non-hydrogen) atoms. The zero-order valence-corrected chi connectivity index (χ0v) is 12.7. The van der Waals surface area contributed by atoms with E-state index < -0.39 is 15.6 Å². The van der Waals surface area contributed by atoms with Crippen LogP contribution in [0.25, 0.3) is 0 Å². The van der Waals surface area contributed by atoms with Gasteiger partial charge in [-0.05, 0) is 32.0 Å². The Hall–Kier alpha value is -0.140. The van der Waals surface area contributed by atoms with E-state index in [0.29, 0.717) is 4.47 Å². The molecule has 7 heteroatoms. The fourth-order valence-electron chi connectivity index (χ4n) is 1.14. The van der Waals surface area contributed by atoms with Crippen LogP contribution in [-0.4, -0.2) is 20.5 Å². The van der Waals surface area contributed by atoms with Crippen molar-refractivity contribution in [3.05, 3.63) is 27.7 Å². The van der Waals surface area contributed by atoms with Gasteiger partial charge in [0.05, 0.1) is 5.02 Å². The summed E-state index contributed by atoms with van der Waals surface area (Å²) in [6.45, 7) is 3.60. The van der Waals surface area contributed by atoms with E-state index >= 15 is 0 Å². The van der Waals surface area contributed by atoms with Crippen molar-refractivity contribution in [2.24, 2.45) is 5.73 Å². The highest BCUT2D eigenvalue weighted by atomic mass is 79.9. The van der Waals surface area contributed by atoms with Gasteiger partial charge < -0.3 is 5.73 Å². The molecule has 0 aromatic heterocycles. The number of hydrogen-bond acceptors (Lipinski definition) is 3. The molecule has 0 saturated carbocycles. The first-order valence-electron chi connectivity index (χ1n) is 4.87. The van der Waals surface area contributed by atoms with Crippen molar-refractivity contribution in [2.75, 3.05) is 6.54 Å². The van der Waals surface area contributed by atoms with Crippen molar-refractivity contribution < 1.29 is 8.42 Å². The lowest BCUT2D eigenvalue weighted by atomic mass is 10.1. The summed E-state index contributed by atoms with van der Waals surface area (Å²) in [7, 11) is -3.68. The summed E-state index contributed by atoms with van der Waals surface area (Å²) in [6, 6.07) is 4.66. The van der Waals surface area contributed by atoms with Gasteiger partial charge in [-0.15, -0.1) is 0 Å². The summed E-state index contributed by atoms with van der Waals surface area (Å²) in [5.74, 6) is 0. The highest BCUT2D eigenvalue weighted by Crippen LogP contribution is 2.25. The third-order valence-corrected chi connectivity index (χ3v) is 4.78. The van der Waals surface area contributed by atoms with Crippen molar-refractivity contribution in [1.82, 2.24) is 4.72 Å². The zero-order valence-electron chi connectivity index (χ0n) is 9.50. The predicted molar refractivity (Wildman–Crippen MR) is 72.6 cm³/mol. The molecule has 0 spiro atoms. The number of halogens is 2. The molecule has 1 aromatic rings. The first kappa shape index (κ1) is 14.9. The lowest BCUT2D eigenvalue weighted by Crippen LogP contribution is -2.48. The zero-order chi connectivity index (χ0) is 13.3. The van der Waals surface area contributed by atoms with Gasteiger partial charge in [-0.2, -0.15) is 0 Å². The molecule has 0 unspecified atom stereocenters. The molecule has 0 aliphatic heterocycles. The Morgan fingerprint density at radius 1 is 1.47 bits per heavy atom. The van der Waals surface area contributed by atoms with Gasteiger partial charge in [0.2, 0.25) is 10.0 Å². The minimum atomic E-state index is -3.68. The van der Waals surface area contributed by atoms with Gasteiger partial charge in [0.1, 0.15) is 4.90 Å². The minimum absolute atomic E-state index is 0.0371. The number of sulfonamides is 1. The van der Waals surface area contributed by atoms with Crippen molar-refractivity contribution >= 4 is 37.6 Å². The van der Waals surface area contributed by atoms with Crippen LogP contribution >= 0.6 is 27.5 Å². The van der Waals surface area contributed by atoms with Gasteiger partial charge in [-0.3, -0.25) is 0 Å². The van der Waals surface area contributed by atoms with Crippen molar-refractivity contribution in [3.63, 3.8) is 0 Å². The summed E-state index contributed by atoms with van der Waals surface area (Å²) in [5.41, 5.74) is 4.77. The second kappa shape index (κ2) is 5.24. The Labute approximate surface area is 115 Å². The smallest absolute Gasteiger partial charge is 0.242 e. The third kappa shape index (κ3) is 3.93. The fourth-order valence-corrected chi connectivity index (χ4v) is 3.61. The maximum atomic E-state index is 12.1. The van der Waals surface area contributed by atoms with Crippen LogP contribution < -0.4 is 10.5 Å². The second-order valence-corrected chi connectivity index (χ2v) is 7.24. The molecular weight excluding hydrogens is 328 g/mol. The normalized spacial score (nSPS) is 12.8. The van der Waals surface area contributed by atoms with Crippen LogP contribution in [0.4, 0.5) is 0 Å². The van der Waals surface area contributed by atoms with E-state index in [2.05, 4.69) is 20.7 Å². The maximum absolute atomic E-state index is 12.1. The van der Waals surface area contributed by atoms with Crippen molar-refractivity contribution in [1.29, 1.82) is 0 Å². The Kier molecular flexibility index (Phi) is 4.60. The van der Waals surface area contributed by atoms with Gasteiger partial charge in [-0.1, -0.05) is 27.5 Å². The lowest BCUT2D eigenvalue weighted by molar-refractivity contribution is 0.462. The molecule has 0 heterocycles.